The molecule has 0 heterocycles. The molecule has 0 fully saturated rings. The number of thioether (sulfide) groups is 1. The molecule has 1 aromatic rings. The fourth-order valence-electron chi connectivity index (χ4n) is 1.57. The molecule has 1 unspecified atom stereocenters. The molecular formula is C14H18BrNO3S. The van der Waals surface area contributed by atoms with Crippen LogP contribution < -0.4 is 5.32 Å². The number of carbonyl (C=O) groups is 2. The second-order valence-electron chi connectivity index (χ2n) is 4.26. The summed E-state index contributed by atoms with van der Waals surface area (Å²) in [5, 5.41) is 2.59. The molecule has 1 amide bonds. The number of halogens is 1. The van der Waals surface area contributed by atoms with Gasteiger partial charge in [0.2, 0.25) is 5.91 Å². The standard InChI is InChI=1S/C14H18BrNO3S/c1-5-19-14(18)10-6-8(2)7-11(15)12(10)16-13(17)9(3)20-4/h6-7,9H,5H2,1-4H3,(H,16,17). The predicted octanol–water partition coefficient (Wildman–Crippen LogP) is 3.62. The van der Waals surface area contributed by atoms with E-state index in [4.69, 9.17) is 4.74 Å². The summed E-state index contributed by atoms with van der Waals surface area (Å²) in [5.41, 5.74) is 1.73. The molecule has 110 valence electrons. The van der Waals surface area contributed by atoms with Crippen molar-refractivity contribution in [2.45, 2.75) is 26.0 Å². The van der Waals surface area contributed by atoms with E-state index in [1.165, 1.54) is 11.8 Å². The van der Waals surface area contributed by atoms with Crippen LogP contribution in [0.15, 0.2) is 16.6 Å². The van der Waals surface area contributed by atoms with Crippen molar-refractivity contribution >= 4 is 45.3 Å². The smallest absolute Gasteiger partial charge is 0.340 e. The highest BCUT2D eigenvalue weighted by molar-refractivity contribution is 9.10. The van der Waals surface area contributed by atoms with Crippen LogP contribution in [0.25, 0.3) is 0 Å². The molecular weight excluding hydrogens is 342 g/mol. The van der Waals surface area contributed by atoms with Gasteiger partial charge in [-0.25, -0.2) is 4.79 Å². The Hall–Kier alpha value is -1.01. The summed E-state index contributed by atoms with van der Waals surface area (Å²) < 4.78 is 5.70. The summed E-state index contributed by atoms with van der Waals surface area (Å²) in [6.07, 6.45) is 1.86. The molecule has 1 atom stereocenters. The van der Waals surface area contributed by atoms with Gasteiger partial charge in [0.05, 0.1) is 23.1 Å². The van der Waals surface area contributed by atoms with Crippen LogP contribution in [0.3, 0.4) is 0 Å². The second-order valence-corrected chi connectivity index (χ2v) is 6.29. The van der Waals surface area contributed by atoms with E-state index in [1.54, 1.807) is 13.0 Å². The van der Waals surface area contributed by atoms with E-state index < -0.39 is 5.97 Å². The number of amides is 1. The van der Waals surface area contributed by atoms with Crippen molar-refractivity contribution in [3.8, 4) is 0 Å². The SMILES string of the molecule is CCOC(=O)c1cc(C)cc(Br)c1NC(=O)C(C)SC. The average molecular weight is 360 g/mol. The third kappa shape index (κ3) is 4.24. The zero-order chi connectivity index (χ0) is 15.3. The number of hydrogen-bond donors (Lipinski definition) is 1. The van der Waals surface area contributed by atoms with Crippen molar-refractivity contribution in [1.29, 1.82) is 0 Å². The summed E-state index contributed by atoms with van der Waals surface area (Å²) in [6.45, 7) is 5.73. The van der Waals surface area contributed by atoms with Gasteiger partial charge in [-0.3, -0.25) is 4.79 Å². The summed E-state index contributed by atoms with van der Waals surface area (Å²) in [6, 6.07) is 3.56. The van der Waals surface area contributed by atoms with Crippen LogP contribution in [0.5, 0.6) is 0 Å². The van der Waals surface area contributed by atoms with E-state index in [0.29, 0.717) is 22.3 Å². The molecule has 0 bridgehead atoms. The number of hydrogen-bond acceptors (Lipinski definition) is 4. The average Bonchev–Trinajstić information content (AvgIpc) is 2.40. The fraction of sp³-hybridized carbons (Fsp3) is 0.429. The van der Waals surface area contributed by atoms with Gasteiger partial charge in [0.1, 0.15) is 0 Å². The van der Waals surface area contributed by atoms with E-state index in [1.807, 2.05) is 26.2 Å². The van der Waals surface area contributed by atoms with Gasteiger partial charge in [-0.2, -0.15) is 11.8 Å². The molecule has 0 spiro atoms. The molecule has 1 N–H and O–H groups in total. The van der Waals surface area contributed by atoms with Crippen LogP contribution in [0, 0.1) is 6.92 Å². The highest BCUT2D eigenvalue weighted by Gasteiger charge is 2.20. The van der Waals surface area contributed by atoms with Crippen molar-refractivity contribution < 1.29 is 14.3 Å². The number of carbonyl (C=O) groups excluding carboxylic acids is 2. The minimum atomic E-state index is -0.441. The van der Waals surface area contributed by atoms with Gasteiger partial charge in [-0.15, -0.1) is 0 Å². The van der Waals surface area contributed by atoms with Crippen LogP contribution in [0.4, 0.5) is 5.69 Å². The van der Waals surface area contributed by atoms with Crippen LogP contribution in [0.2, 0.25) is 0 Å². The van der Waals surface area contributed by atoms with Gasteiger partial charge >= 0.3 is 5.97 Å². The highest BCUT2D eigenvalue weighted by atomic mass is 79.9. The first-order valence-electron chi connectivity index (χ1n) is 6.21. The molecule has 4 nitrogen and oxygen atoms in total. The van der Waals surface area contributed by atoms with Gasteiger partial charge in [-0.1, -0.05) is 0 Å². The van der Waals surface area contributed by atoms with Crippen molar-refractivity contribution in [3.05, 3.63) is 27.7 Å². The number of esters is 1. The molecule has 20 heavy (non-hydrogen) atoms. The monoisotopic (exact) mass is 359 g/mol. The fourth-order valence-corrected chi connectivity index (χ4v) is 2.52. The Labute approximate surface area is 131 Å². The Morgan fingerprint density at radius 3 is 2.65 bits per heavy atom. The molecule has 0 aliphatic rings. The van der Waals surface area contributed by atoms with Crippen molar-refractivity contribution in [2.24, 2.45) is 0 Å². The second kappa shape index (κ2) is 7.69. The van der Waals surface area contributed by atoms with Crippen molar-refractivity contribution in [2.75, 3.05) is 18.2 Å². The maximum Gasteiger partial charge on any atom is 0.340 e. The lowest BCUT2D eigenvalue weighted by Crippen LogP contribution is -2.24. The number of benzene rings is 1. The van der Waals surface area contributed by atoms with Gasteiger partial charge in [-0.05, 0) is 60.7 Å². The molecule has 6 heteroatoms. The zero-order valence-electron chi connectivity index (χ0n) is 12.0. The largest absolute Gasteiger partial charge is 0.462 e. The first kappa shape index (κ1) is 17.0. The molecule has 0 saturated carbocycles. The van der Waals surface area contributed by atoms with Crippen molar-refractivity contribution in [1.82, 2.24) is 0 Å². The lowest BCUT2D eigenvalue weighted by atomic mass is 10.1. The Balaban J connectivity index is 3.16. The summed E-state index contributed by atoms with van der Waals surface area (Å²) in [5.74, 6) is -0.586. The lowest BCUT2D eigenvalue weighted by molar-refractivity contribution is -0.115. The quantitative estimate of drug-likeness (QED) is 0.815. The normalized spacial score (nSPS) is 11.8. The molecule has 0 aliphatic carbocycles. The number of rotatable bonds is 5. The molecule has 0 radical (unpaired) electrons. The minimum absolute atomic E-state index is 0.146. The van der Waals surface area contributed by atoms with E-state index in [-0.39, 0.29) is 11.2 Å². The van der Waals surface area contributed by atoms with Crippen LogP contribution >= 0.6 is 27.7 Å². The maximum absolute atomic E-state index is 12.0. The highest BCUT2D eigenvalue weighted by Crippen LogP contribution is 2.29. The molecule has 0 saturated heterocycles. The summed E-state index contributed by atoms with van der Waals surface area (Å²) in [4.78, 5) is 24.0. The Morgan fingerprint density at radius 1 is 1.45 bits per heavy atom. The Kier molecular flexibility index (Phi) is 6.55. The Morgan fingerprint density at radius 2 is 2.10 bits per heavy atom. The van der Waals surface area contributed by atoms with Crippen LogP contribution in [-0.2, 0) is 9.53 Å². The summed E-state index contributed by atoms with van der Waals surface area (Å²) in [7, 11) is 0. The number of aryl methyl sites for hydroxylation is 1. The number of nitrogens with one attached hydrogen (secondary N) is 1. The van der Waals surface area contributed by atoms with Gasteiger partial charge in [0.15, 0.2) is 0 Å². The molecule has 0 aliphatic heterocycles. The number of ether oxygens (including phenoxy) is 1. The maximum atomic E-state index is 12.0. The first-order chi connectivity index (χ1) is 9.40. The lowest BCUT2D eigenvalue weighted by Gasteiger charge is -2.15. The molecule has 1 rings (SSSR count). The third-order valence-electron chi connectivity index (χ3n) is 2.70. The van der Waals surface area contributed by atoms with E-state index in [9.17, 15) is 9.59 Å². The van der Waals surface area contributed by atoms with E-state index in [0.717, 1.165) is 5.56 Å². The first-order valence-corrected chi connectivity index (χ1v) is 8.29. The number of anilines is 1. The zero-order valence-corrected chi connectivity index (χ0v) is 14.4. The van der Waals surface area contributed by atoms with E-state index >= 15 is 0 Å². The van der Waals surface area contributed by atoms with Crippen LogP contribution in [-0.4, -0.2) is 30.0 Å². The van der Waals surface area contributed by atoms with Gasteiger partial charge in [0.25, 0.3) is 0 Å². The van der Waals surface area contributed by atoms with Gasteiger partial charge in [0, 0.05) is 4.47 Å². The molecule has 1 aromatic carbocycles. The predicted molar refractivity (Wildman–Crippen MR) is 86.4 cm³/mol. The van der Waals surface area contributed by atoms with Gasteiger partial charge < -0.3 is 10.1 Å². The third-order valence-corrected chi connectivity index (χ3v) is 4.25. The van der Waals surface area contributed by atoms with Crippen molar-refractivity contribution in [3.63, 3.8) is 0 Å². The minimum Gasteiger partial charge on any atom is -0.462 e. The topological polar surface area (TPSA) is 55.4 Å². The molecule has 0 aromatic heterocycles. The van der Waals surface area contributed by atoms with E-state index in [2.05, 4.69) is 21.2 Å². The summed E-state index contributed by atoms with van der Waals surface area (Å²) >= 11 is 4.83. The van der Waals surface area contributed by atoms with Crippen LogP contribution in [0.1, 0.15) is 29.8 Å². The Bertz CT molecular complexity index is 519.